The zero-order valence-corrected chi connectivity index (χ0v) is 18.9. The van der Waals surface area contributed by atoms with Gasteiger partial charge in [-0.1, -0.05) is 53.6 Å². The molecule has 0 aliphatic carbocycles. The van der Waals surface area contributed by atoms with Gasteiger partial charge in [-0.05, 0) is 51.3 Å². The van der Waals surface area contributed by atoms with Crippen LogP contribution in [0.25, 0.3) is 0 Å². The van der Waals surface area contributed by atoms with Gasteiger partial charge in [0.05, 0.1) is 5.75 Å². The van der Waals surface area contributed by atoms with Crippen LogP contribution >= 0.6 is 11.8 Å². The number of hydrogen-bond acceptors (Lipinski definition) is 3. The van der Waals surface area contributed by atoms with Crippen molar-refractivity contribution in [1.82, 2.24) is 10.2 Å². The molecule has 0 fully saturated rings. The third kappa shape index (κ3) is 6.93. The average Bonchev–Trinajstić information content (AvgIpc) is 2.66. The molecular weight excluding hydrogens is 380 g/mol. The second kappa shape index (κ2) is 11.1. The van der Waals surface area contributed by atoms with Crippen LogP contribution in [0.2, 0.25) is 0 Å². The molecule has 1 atom stereocenters. The van der Waals surface area contributed by atoms with Crippen molar-refractivity contribution in [2.45, 2.75) is 53.0 Å². The minimum atomic E-state index is -0.510. The molecule has 5 heteroatoms. The molecule has 0 aliphatic heterocycles. The Bertz CT molecular complexity index is 830. The van der Waals surface area contributed by atoms with Crippen LogP contribution in [0, 0.1) is 20.8 Å². The molecule has 156 valence electrons. The first-order valence-corrected chi connectivity index (χ1v) is 11.2. The molecule has 1 unspecified atom stereocenters. The van der Waals surface area contributed by atoms with Crippen molar-refractivity contribution in [3.05, 3.63) is 70.3 Å². The molecular formula is C24H32N2O2S. The number of thioether (sulfide) groups is 1. The molecule has 29 heavy (non-hydrogen) atoms. The largest absolute Gasteiger partial charge is 0.355 e. The number of rotatable bonds is 9. The summed E-state index contributed by atoms with van der Waals surface area (Å²) >= 11 is 1.59. The van der Waals surface area contributed by atoms with Crippen molar-refractivity contribution in [2.24, 2.45) is 0 Å². The lowest BCUT2D eigenvalue weighted by atomic mass is 10.1. The average molecular weight is 413 g/mol. The van der Waals surface area contributed by atoms with Gasteiger partial charge >= 0.3 is 0 Å². The molecule has 0 aromatic heterocycles. The first-order valence-electron chi connectivity index (χ1n) is 10.1. The van der Waals surface area contributed by atoms with Crippen molar-refractivity contribution >= 4 is 23.6 Å². The highest BCUT2D eigenvalue weighted by atomic mass is 32.2. The number of hydrogen-bond donors (Lipinski definition) is 1. The summed E-state index contributed by atoms with van der Waals surface area (Å²) < 4.78 is 0. The zero-order valence-electron chi connectivity index (χ0n) is 18.1. The Kier molecular flexibility index (Phi) is 8.77. The highest BCUT2D eigenvalue weighted by molar-refractivity contribution is 7.99. The highest BCUT2D eigenvalue weighted by Gasteiger charge is 2.26. The van der Waals surface area contributed by atoms with Gasteiger partial charge in [-0.2, -0.15) is 0 Å². The first-order chi connectivity index (χ1) is 13.8. The minimum Gasteiger partial charge on any atom is -0.355 e. The third-order valence-electron chi connectivity index (χ3n) is 4.90. The number of carbonyl (C=O) groups is 2. The van der Waals surface area contributed by atoms with E-state index in [1.54, 1.807) is 23.6 Å². The van der Waals surface area contributed by atoms with Gasteiger partial charge in [0, 0.05) is 18.8 Å². The van der Waals surface area contributed by atoms with E-state index in [0.29, 0.717) is 18.8 Å². The van der Waals surface area contributed by atoms with Gasteiger partial charge in [0.2, 0.25) is 11.8 Å². The smallest absolute Gasteiger partial charge is 0.242 e. The molecule has 0 radical (unpaired) electrons. The van der Waals surface area contributed by atoms with Gasteiger partial charge in [-0.25, -0.2) is 0 Å². The van der Waals surface area contributed by atoms with Crippen LogP contribution in [0.4, 0.5) is 0 Å². The molecule has 2 amide bonds. The Labute approximate surface area is 179 Å². The molecule has 4 nitrogen and oxygen atoms in total. The van der Waals surface area contributed by atoms with Gasteiger partial charge in [0.25, 0.3) is 0 Å². The van der Waals surface area contributed by atoms with Crippen molar-refractivity contribution in [3.63, 3.8) is 0 Å². The maximum Gasteiger partial charge on any atom is 0.242 e. The maximum absolute atomic E-state index is 13.1. The van der Waals surface area contributed by atoms with Crippen molar-refractivity contribution < 1.29 is 9.59 Å². The zero-order chi connectivity index (χ0) is 21.4. The lowest BCUT2D eigenvalue weighted by Crippen LogP contribution is -2.48. The van der Waals surface area contributed by atoms with Crippen LogP contribution in [0.3, 0.4) is 0 Å². The Hall–Kier alpha value is -2.27. The molecule has 1 N–H and O–H groups in total. The molecule has 2 rings (SSSR count). The van der Waals surface area contributed by atoms with Crippen LogP contribution in [0.15, 0.2) is 42.5 Å². The monoisotopic (exact) mass is 412 g/mol. The van der Waals surface area contributed by atoms with Crippen LogP contribution in [-0.2, 0) is 21.9 Å². The number of likely N-dealkylation sites (N-methyl/N-ethyl adjacent to an activating group) is 1. The molecule has 0 aliphatic rings. The minimum absolute atomic E-state index is 0.0126. The lowest BCUT2D eigenvalue weighted by Gasteiger charge is -2.29. The van der Waals surface area contributed by atoms with Crippen LogP contribution in [0.5, 0.6) is 0 Å². The summed E-state index contributed by atoms with van der Waals surface area (Å²) in [6.45, 7) is 10.9. The van der Waals surface area contributed by atoms with E-state index < -0.39 is 6.04 Å². The molecule has 0 spiro atoms. The summed E-state index contributed by atoms with van der Waals surface area (Å²) in [4.78, 5) is 27.2. The third-order valence-corrected chi connectivity index (χ3v) is 5.88. The highest BCUT2D eigenvalue weighted by Crippen LogP contribution is 2.19. The van der Waals surface area contributed by atoms with Gasteiger partial charge in [-0.15, -0.1) is 11.8 Å². The van der Waals surface area contributed by atoms with E-state index in [-0.39, 0.29) is 11.8 Å². The Morgan fingerprint density at radius 3 is 2.34 bits per heavy atom. The summed E-state index contributed by atoms with van der Waals surface area (Å²) in [5, 5.41) is 2.84. The lowest BCUT2D eigenvalue weighted by molar-refractivity contribution is -0.138. The van der Waals surface area contributed by atoms with E-state index in [9.17, 15) is 9.59 Å². The van der Waals surface area contributed by atoms with Crippen molar-refractivity contribution in [1.29, 1.82) is 0 Å². The van der Waals surface area contributed by atoms with Gasteiger partial charge in [-0.3, -0.25) is 9.59 Å². The van der Waals surface area contributed by atoms with E-state index >= 15 is 0 Å². The number of benzene rings is 2. The fourth-order valence-electron chi connectivity index (χ4n) is 3.37. The van der Waals surface area contributed by atoms with Crippen molar-refractivity contribution in [2.75, 3.05) is 12.3 Å². The number of carbonyl (C=O) groups excluding carboxylic acids is 2. The molecule has 2 aromatic rings. The maximum atomic E-state index is 13.1. The second-order valence-electron chi connectivity index (χ2n) is 7.51. The predicted molar refractivity (Wildman–Crippen MR) is 122 cm³/mol. The molecule has 0 saturated heterocycles. The van der Waals surface area contributed by atoms with E-state index in [4.69, 9.17) is 0 Å². The van der Waals surface area contributed by atoms with Gasteiger partial charge in [0.15, 0.2) is 0 Å². The fourth-order valence-corrected chi connectivity index (χ4v) is 4.21. The fraction of sp³-hybridized carbons (Fsp3) is 0.417. The topological polar surface area (TPSA) is 49.4 Å². The summed E-state index contributed by atoms with van der Waals surface area (Å²) in [6.07, 6.45) is 0. The van der Waals surface area contributed by atoms with E-state index in [1.165, 1.54) is 16.7 Å². The van der Waals surface area contributed by atoms with Crippen LogP contribution in [0.1, 0.15) is 41.7 Å². The predicted octanol–water partition coefficient (Wildman–Crippen LogP) is 4.40. The number of nitrogens with one attached hydrogen (secondary N) is 1. The Balaban J connectivity index is 2.08. The van der Waals surface area contributed by atoms with Gasteiger partial charge < -0.3 is 10.2 Å². The van der Waals surface area contributed by atoms with Crippen LogP contribution in [-0.4, -0.2) is 35.1 Å². The van der Waals surface area contributed by atoms with E-state index in [2.05, 4.69) is 37.4 Å². The van der Waals surface area contributed by atoms with Crippen LogP contribution < -0.4 is 5.32 Å². The molecule has 0 heterocycles. The summed E-state index contributed by atoms with van der Waals surface area (Å²) in [5.74, 6) is 1.00. The second-order valence-corrected chi connectivity index (χ2v) is 8.49. The summed E-state index contributed by atoms with van der Waals surface area (Å²) in [7, 11) is 0. The van der Waals surface area contributed by atoms with E-state index in [0.717, 1.165) is 16.9 Å². The molecule has 2 aromatic carbocycles. The molecule has 0 saturated carbocycles. The standard InChI is InChI=1S/C24H32N2O2S/c1-6-25-24(28)20(5)26(14-22-10-8-7-9-19(22)4)23(27)16-29-15-21-12-17(2)11-18(3)13-21/h7-13,20H,6,14-16H2,1-5H3,(H,25,28). The number of amides is 2. The normalized spacial score (nSPS) is 11.8. The number of aryl methyl sites for hydroxylation is 3. The van der Waals surface area contributed by atoms with Crippen molar-refractivity contribution in [3.8, 4) is 0 Å². The van der Waals surface area contributed by atoms with Gasteiger partial charge in [0.1, 0.15) is 6.04 Å². The molecule has 0 bridgehead atoms. The Morgan fingerprint density at radius 1 is 1.07 bits per heavy atom. The Morgan fingerprint density at radius 2 is 1.72 bits per heavy atom. The summed E-state index contributed by atoms with van der Waals surface area (Å²) in [6, 6.07) is 14.0. The summed E-state index contributed by atoms with van der Waals surface area (Å²) in [5.41, 5.74) is 5.88. The SMILES string of the molecule is CCNC(=O)C(C)N(Cc1ccccc1C)C(=O)CSCc1cc(C)cc(C)c1. The first kappa shape index (κ1) is 23.0. The van der Waals surface area contributed by atoms with E-state index in [1.807, 2.05) is 38.1 Å². The number of nitrogens with zero attached hydrogens (tertiary/aromatic N) is 1. The quantitative estimate of drug-likeness (QED) is 0.664.